The molecule has 1 N–H and O–H groups in total. The van der Waals surface area contributed by atoms with Crippen LogP contribution in [-0.4, -0.2) is 38.5 Å². The van der Waals surface area contributed by atoms with E-state index < -0.39 is 8.32 Å². The number of aliphatic hydroxyl groups excluding tert-OH is 1. The number of hydrogen-bond acceptors (Lipinski definition) is 4. The Hall–Kier alpha value is -1.24. The van der Waals surface area contributed by atoms with Crippen LogP contribution in [0.1, 0.15) is 46.6 Å². The van der Waals surface area contributed by atoms with E-state index in [4.69, 9.17) is 19.0 Å². The lowest BCUT2D eigenvalue weighted by molar-refractivity contribution is -0.202. The smallest absolute Gasteiger partial charge is 0.195 e. The minimum atomic E-state index is -1.97. The maximum absolute atomic E-state index is 9.06. The Kier molecular flexibility index (Phi) is 9.07. The molecule has 168 valence electrons. The van der Waals surface area contributed by atoms with Gasteiger partial charge < -0.3 is 19.0 Å². The molecule has 0 amide bonds. The summed E-state index contributed by atoms with van der Waals surface area (Å²) in [4.78, 5) is 0. The third-order valence-corrected chi connectivity index (χ3v) is 10.8. The fourth-order valence-corrected chi connectivity index (χ4v) is 4.46. The highest BCUT2D eigenvalue weighted by Gasteiger charge is 2.43. The normalized spacial score (nSPS) is 26.3. The van der Waals surface area contributed by atoms with Gasteiger partial charge in [0.15, 0.2) is 14.6 Å². The zero-order valence-electron chi connectivity index (χ0n) is 19.7. The monoisotopic (exact) mass is 432 g/mol. The van der Waals surface area contributed by atoms with Crippen molar-refractivity contribution in [3.8, 4) is 0 Å². The highest BCUT2D eigenvalue weighted by atomic mass is 28.4. The van der Waals surface area contributed by atoms with Gasteiger partial charge in [-0.1, -0.05) is 81.8 Å². The van der Waals surface area contributed by atoms with E-state index in [2.05, 4.69) is 59.0 Å². The topological polar surface area (TPSA) is 47.9 Å². The summed E-state index contributed by atoms with van der Waals surface area (Å²) in [6, 6.07) is 10.3. The van der Waals surface area contributed by atoms with Crippen LogP contribution in [0.2, 0.25) is 18.1 Å². The molecule has 1 aliphatic heterocycles. The van der Waals surface area contributed by atoms with E-state index in [1.54, 1.807) is 6.08 Å². The molecule has 0 saturated carbocycles. The van der Waals surface area contributed by atoms with Crippen molar-refractivity contribution < 1.29 is 19.0 Å². The molecule has 1 aliphatic rings. The van der Waals surface area contributed by atoms with Crippen molar-refractivity contribution in [2.75, 3.05) is 6.61 Å². The van der Waals surface area contributed by atoms with Gasteiger partial charge in [0.25, 0.3) is 0 Å². The highest BCUT2D eigenvalue weighted by molar-refractivity contribution is 6.74. The second kappa shape index (κ2) is 10.9. The lowest BCUT2D eigenvalue weighted by atomic mass is 9.91. The third kappa shape index (κ3) is 7.17. The van der Waals surface area contributed by atoms with Gasteiger partial charge in [-0.25, -0.2) is 0 Å². The van der Waals surface area contributed by atoms with E-state index in [-0.39, 0.29) is 36.1 Å². The summed E-state index contributed by atoms with van der Waals surface area (Å²) < 4.78 is 19.4. The largest absolute Gasteiger partial charge is 0.392 e. The van der Waals surface area contributed by atoms with E-state index in [1.807, 2.05) is 31.2 Å². The first-order chi connectivity index (χ1) is 14.0. The van der Waals surface area contributed by atoms with Gasteiger partial charge in [0.2, 0.25) is 0 Å². The molecule has 5 heteroatoms. The Labute approximate surface area is 184 Å². The summed E-state index contributed by atoms with van der Waals surface area (Å²) in [5.74, 6) is 0.199. The summed E-state index contributed by atoms with van der Waals surface area (Å²) in [6.07, 6.45) is 6.19. The third-order valence-electron chi connectivity index (χ3n) is 6.29. The maximum Gasteiger partial charge on any atom is 0.195 e. The van der Waals surface area contributed by atoms with Gasteiger partial charge >= 0.3 is 0 Å². The van der Waals surface area contributed by atoms with Crippen molar-refractivity contribution in [3.63, 3.8) is 0 Å². The fraction of sp³-hybridized carbons (Fsp3) is 0.600. The summed E-state index contributed by atoms with van der Waals surface area (Å²) in [5, 5.41) is 9.17. The molecule has 0 spiro atoms. The average Bonchev–Trinajstić information content (AvgIpc) is 2.67. The zero-order chi connectivity index (χ0) is 22.4. The lowest BCUT2D eigenvalue weighted by Gasteiger charge is -2.44. The molecular weight excluding hydrogens is 392 g/mol. The summed E-state index contributed by atoms with van der Waals surface area (Å²) >= 11 is 0. The summed E-state index contributed by atoms with van der Waals surface area (Å²) in [6.45, 7) is 16.1. The van der Waals surface area contributed by atoms with Crippen LogP contribution < -0.4 is 0 Å². The molecular formula is C25H40O4Si. The minimum absolute atomic E-state index is 0.0339. The average molecular weight is 433 g/mol. The number of allylic oxidation sites excluding steroid dienone is 2. The van der Waals surface area contributed by atoms with Gasteiger partial charge in [-0.3, -0.25) is 0 Å². The summed E-state index contributed by atoms with van der Waals surface area (Å²) in [7, 11) is -1.97. The van der Waals surface area contributed by atoms with Crippen molar-refractivity contribution in [2.45, 2.75) is 84.3 Å². The predicted molar refractivity (Wildman–Crippen MR) is 126 cm³/mol. The van der Waals surface area contributed by atoms with Crippen LogP contribution in [0.15, 0.2) is 54.1 Å². The van der Waals surface area contributed by atoms with Gasteiger partial charge in [-0.05, 0) is 30.6 Å². The van der Waals surface area contributed by atoms with Gasteiger partial charge in [-0.15, -0.1) is 0 Å². The number of benzene rings is 1. The van der Waals surface area contributed by atoms with Crippen molar-refractivity contribution >= 4 is 8.32 Å². The van der Waals surface area contributed by atoms with E-state index in [9.17, 15) is 0 Å². The molecule has 0 aromatic heterocycles. The van der Waals surface area contributed by atoms with Crippen molar-refractivity contribution in [2.24, 2.45) is 5.92 Å². The van der Waals surface area contributed by atoms with Gasteiger partial charge in [0.1, 0.15) is 0 Å². The molecule has 30 heavy (non-hydrogen) atoms. The molecule has 4 atom stereocenters. The first-order valence-electron chi connectivity index (χ1n) is 11.0. The second-order valence-electron chi connectivity index (χ2n) is 9.83. The van der Waals surface area contributed by atoms with Crippen molar-refractivity contribution in [3.05, 3.63) is 59.7 Å². The maximum atomic E-state index is 9.06. The predicted octanol–water partition coefficient (Wildman–Crippen LogP) is 5.84. The van der Waals surface area contributed by atoms with Crippen LogP contribution >= 0.6 is 0 Å². The fourth-order valence-electron chi connectivity index (χ4n) is 3.29. The van der Waals surface area contributed by atoms with Gasteiger partial charge in [0.05, 0.1) is 25.4 Å². The number of ether oxygens (including phenoxy) is 2. The Bertz CT molecular complexity index is 706. The van der Waals surface area contributed by atoms with Crippen molar-refractivity contribution in [1.29, 1.82) is 0 Å². The van der Waals surface area contributed by atoms with E-state index in [0.29, 0.717) is 6.61 Å². The Balaban J connectivity index is 2.18. The van der Waals surface area contributed by atoms with Crippen molar-refractivity contribution in [1.82, 2.24) is 0 Å². The second-order valence-corrected chi connectivity index (χ2v) is 14.6. The first-order valence-corrected chi connectivity index (χ1v) is 13.9. The molecule has 1 saturated heterocycles. The van der Waals surface area contributed by atoms with E-state index >= 15 is 0 Å². The molecule has 4 nitrogen and oxygen atoms in total. The Morgan fingerprint density at radius 3 is 2.50 bits per heavy atom. The Morgan fingerprint density at radius 1 is 1.23 bits per heavy atom. The number of hydrogen-bond donors (Lipinski definition) is 1. The van der Waals surface area contributed by atoms with E-state index in [0.717, 1.165) is 12.0 Å². The van der Waals surface area contributed by atoms with Crippen LogP contribution in [0.5, 0.6) is 0 Å². The first kappa shape index (κ1) is 25.0. The molecule has 1 aromatic rings. The molecule has 2 rings (SSSR count). The zero-order valence-corrected chi connectivity index (χ0v) is 20.7. The standard InChI is InChI=1S/C25H40O4Si/c1-19(12-11-15-26)16-23-20(2)22(27-18-21-13-9-8-10-14-21)17-24(28-23)29-30(6,7)25(3,4)5/h8-14,16,20,22-24,26H,15,17-18H2,1-7H3/b12-11+,19-16-/t20-,22+,23-,24+/m1/s1. The Morgan fingerprint density at radius 2 is 1.90 bits per heavy atom. The number of aliphatic hydroxyl groups is 1. The van der Waals surface area contributed by atoms with Gasteiger partial charge in [0, 0.05) is 12.3 Å². The molecule has 0 bridgehead atoms. The minimum Gasteiger partial charge on any atom is -0.392 e. The van der Waals surface area contributed by atoms with E-state index in [1.165, 1.54) is 5.56 Å². The molecule has 0 radical (unpaired) electrons. The molecule has 1 heterocycles. The highest BCUT2D eigenvalue weighted by Crippen LogP contribution is 2.40. The van der Waals surface area contributed by atoms with Crippen LogP contribution in [0.4, 0.5) is 0 Å². The van der Waals surface area contributed by atoms with Gasteiger partial charge in [-0.2, -0.15) is 0 Å². The number of rotatable bonds is 8. The van der Waals surface area contributed by atoms with Crippen LogP contribution in [0.25, 0.3) is 0 Å². The summed E-state index contributed by atoms with van der Waals surface area (Å²) in [5.41, 5.74) is 2.24. The molecule has 1 aromatic carbocycles. The molecule has 1 fully saturated rings. The SMILES string of the molecule is CC(=C/[C@H]1O[C@@H](O[Si](C)(C)C(C)(C)C)C[C@H](OCc2ccccc2)[C@H]1C)/C=C/CO. The molecule has 0 unspecified atom stereocenters. The lowest BCUT2D eigenvalue weighted by Crippen LogP contribution is -2.50. The van der Waals surface area contributed by atoms with Crippen LogP contribution in [-0.2, 0) is 20.5 Å². The quantitative estimate of drug-likeness (QED) is 0.414. The van der Waals surface area contributed by atoms with Crippen LogP contribution in [0.3, 0.4) is 0 Å². The van der Waals surface area contributed by atoms with Crippen LogP contribution in [0, 0.1) is 5.92 Å². The molecule has 0 aliphatic carbocycles.